The lowest BCUT2D eigenvalue weighted by Gasteiger charge is -2.19. The van der Waals surface area contributed by atoms with E-state index < -0.39 is 39.4 Å². The number of carbonyl (C=O) groups is 2. The molecule has 0 radical (unpaired) electrons. The predicted octanol–water partition coefficient (Wildman–Crippen LogP) is 2.45. The van der Waals surface area contributed by atoms with Crippen molar-refractivity contribution in [3.63, 3.8) is 0 Å². The van der Waals surface area contributed by atoms with E-state index in [0.29, 0.717) is 11.5 Å². The van der Waals surface area contributed by atoms with Gasteiger partial charge in [0, 0.05) is 19.6 Å². The molecule has 0 fully saturated rings. The third-order valence-corrected chi connectivity index (χ3v) is 7.10. The van der Waals surface area contributed by atoms with Crippen LogP contribution in [0, 0.1) is 5.82 Å². The number of ether oxygens (including phenoxy) is 3. The van der Waals surface area contributed by atoms with Crippen LogP contribution < -0.4 is 14.8 Å². The molecule has 178 valence electrons. The largest absolute Gasteiger partial charge is 0.454 e. The monoisotopic (exact) mass is 480 g/mol. The number of amides is 1. The maximum Gasteiger partial charge on any atom is 0.341 e. The van der Waals surface area contributed by atoms with Gasteiger partial charge in [-0.1, -0.05) is 19.9 Å². The number of hydrogen-bond acceptors (Lipinski definition) is 7. The zero-order chi connectivity index (χ0) is 24.2. The average Bonchev–Trinajstić information content (AvgIpc) is 3.26. The molecule has 2 aromatic carbocycles. The van der Waals surface area contributed by atoms with Gasteiger partial charge in [0.2, 0.25) is 16.8 Å². The Kier molecular flexibility index (Phi) is 7.54. The van der Waals surface area contributed by atoms with E-state index in [1.54, 1.807) is 32.0 Å². The smallest absolute Gasteiger partial charge is 0.341 e. The summed E-state index contributed by atoms with van der Waals surface area (Å²) in [6.45, 7) is 5.39. The fourth-order valence-electron chi connectivity index (χ4n) is 3.20. The van der Waals surface area contributed by atoms with Crippen molar-refractivity contribution in [1.29, 1.82) is 0 Å². The van der Waals surface area contributed by atoms with Gasteiger partial charge in [-0.2, -0.15) is 4.31 Å². The van der Waals surface area contributed by atoms with Crippen LogP contribution >= 0.6 is 0 Å². The molecule has 1 unspecified atom stereocenters. The van der Waals surface area contributed by atoms with Crippen molar-refractivity contribution in [1.82, 2.24) is 9.62 Å². The average molecular weight is 481 g/mol. The zero-order valence-electron chi connectivity index (χ0n) is 18.5. The number of hydrogen-bond donors (Lipinski definition) is 1. The first kappa shape index (κ1) is 24.5. The molecular weight excluding hydrogens is 455 g/mol. The highest BCUT2D eigenvalue weighted by atomic mass is 32.2. The summed E-state index contributed by atoms with van der Waals surface area (Å²) >= 11 is 0. The van der Waals surface area contributed by atoms with Crippen LogP contribution in [0.15, 0.2) is 41.3 Å². The standard InChI is InChI=1S/C22H25FN2O7S/c1-4-25(5-2)33(28,29)16-7-8-18(23)17(11-16)22(27)32-14(3)21(26)24-12-15-6-9-19-20(10-15)31-13-30-19/h6-11,14H,4-5,12-13H2,1-3H3,(H,24,26). The molecule has 1 amide bonds. The second-order valence-corrected chi connectivity index (χ2v) is 9.12. The summed E-state index contributed by atoms with van der Waals surface area (Å²) in [4.78, 5) is 24.6. The van der Waals surface area contributed by atoms with Gasteiger partial charge >= 0.3 is 5.97 Å². The lowest BCUT2D eigenvalue weighted by molar-refractivity contribution is -0.129. The highest BCUT2D eigenvalue weighted by molar-refractivity contribution is 7.89. The highest BCUT2D eigenvalue weighted by Gasteiger charge is 2.26. The number of esters is 1. The fraction of sp³-hybridized carbons (Fsp3) is 0.364. The van der Waals surface area contributed by atoms with E-state index >= 15 is 0 Å². The predicted molar refractivity (Wildman–Crippen MR) is 116 cm³/mol. The van der Waals surface area contributed by atoms with Gasteiger partial charge < -0.3 is 19.5 Å². The van der Waals surface area contributed by atoms with Gasteiger partial charge in [0.15, 0.2) is 17.6 Å². The van der Waals surface area contributed by atoms with Crippen LogP contribution in [0.1, 0.15) is 36.7 Å². The Morgan fingerprint density at radius 2 is 1.82 bits per heavy atom. The minimum atomic E-state index is -3.90. The summed E-state index contributed by atoms with van der Waals surface area (Å²) in [6.07, 6.45) is -1.24. The van der Waals surface area contributed by atoms with Crippen molar-refractivity contribution in [2.24, 2.45) is 0 Å². The van der Waals surface area contributed by atoms with Gasteiger partial charge in [-0.05, 0) is 42.8 Å². The normalized spacial score (nSPS) is 13.6. The molecule has 0 saturated heterocycles. The van der Waals surface area contributed by atoms with Crippen LogP contribution in [-0.2, 0) is 26.1 Å². The topological polar surface area (TPSA) is 111 Å². The van der Waals surface area contributed by atoms with E-state index in [4.69, 9.17) is 14.2 Å². The molecule has 1 heterocycles. The van der Waals surface area contributed by atoms with Crippen molar-refractivity contribution >= 4 is 21.9 Å². The molecule has 33 heavy (non-hydrogen) atoms. The molecule has 2 aromatic rings. The number of nitrogens with one attached hydrogen (secondary N) is 1. The first-order valence-corrected chi connectivity index (χ1v) is 11.8. The molecule has 3 rings (SSSR count). The van der Waals surface area contributed by atoms with Crippen molar-refractivity contribution in [2.45, 2.75) is 38.3 Å². The van der Waals surface area contributed by atoms with Gasteiger partial charge in [-0.15, -0.1) is 0 Å². The molecule has 1 aliphatic heterocycles. The van der Waals surface area contributed by atoms with Gasteiger partial charge in [0.25, 0.3) is 5.91 Å². The van der Waals surface area contributed by atoms with Crippen LogP contribution in [0.2, 0.25) is 0 Å². The Hall–Kier alpha value is -3.18. The summed E-state index contributed by atoms with van der Waals surface area (Å²) in [5, 5.41) is 2.62. The number of nitrogens with zero attached hydrogens (tertiary/aromatic N) is 1. The van der Waals surface area contributed by atoms with Crippen LogP contribution in [0.4, 0.5) is 4.39 Å². The van der Waals surface area contributed by atoms with Crippen LogP contribution in [0.3, 0.4) is 0 Å². The first-order valence-electron chi connectivity index (χ1n) is 10.3. The van der Waals surface area contributed by atoms with Crippen LogP contribution in [0.25, 0.3) is 0 Å². The molecule has 9 nitrogen and oxygen atoms in total. The summed E-state index contributed by atoms with van der Waals surface area (Å²) in [5.74, 6) is -1.52. The minimum Gasteiger partial charge on any atom is -0.454 e. The molecule has 0 bridgehead atoms. The van der Waals surface area contributed by atoms with E-state index in [1.165, 1.54) is 11.2 Å². The van der Waals surface area contributed by atoms with E-state index in [-0.39, 0.29) is 31.3 Å². The van der Waals surface area contributed by atoms with Crippen molar-refractivity contribution in [3.8, 4) is 11.5 Å². The molecule has 0 spiro atoms. The molecule has 11 heteroatoms. The number of sulfonamides is 1. The van der Waals surface area contributed by atoms with E-state index in [9.17, 15) is 22.4 Å². The summed E-state index contributed by atoms with van der Waals surface area (Å²) < 4.78 is 56.4. The van der Waals surface area contributed by atoms with Crippen LogP contribution in [0.5, 0.6) is 11.5 Å². The fourth-order valence-corrected chi connectivity index (χ4v) is 4.68. The Morgan fingerprint density at radius 1 is 1.12 bits per heavy atom. The van der Waals surface area contributed by atoms with Crippen molar-refractivity contribution < 1.29 is 36.6 Å². The van der Waals surface area contributed by atoms with E-state index in [2.05, 4.69) is 5.32 Å². The Labute approximate surface area is 191 Å². The molecule has 1 N–H and O–H groups in total. The van der Waals surface area contributed by atoms with Gasteiger partial charge in [-0.25, -0.2) is 17.6 Å². The molecular formula is C22H25FN2O7S. The maximum atomic E-state index is 14.3. The molecule has 1 atom stereocenters. The second kappa shape index (κ2) is 10.2. The molecule has 0 aliphatic carbocycles. The van der Waals surface area contributed by atoms with E-state index in [0.717, 1.165) is 23.8 Å². The van der Waals surface area contributed by atoms with Crippen molar-refractivity contribution in [3.05, 3.63) is 53.3 Å². The lowest BCUT2D eigenvalue weighted by atomic mass is 10.2. The molecule has 1 aliphatic rings. The summed E-state index contributed by atoms with van der Waals surface area (Å²) in [6, 6.07) is 8.08. The number of carbonyl (C=O) groups excluding carboxylic acids is 2. The molecule has 0 saturated carbocycles. The minimum absolute atomic E-state index is 0.131. The quantitative estimate of drug-likeness (QED) is 0.549. The SMILES string of the molecule is CCN(CC)S(=O)(=O)c1ccc(F)c(C(=O)OC(C)C(=O)NCc2ccc3c(c2)OCO3)c1. The van der Waals surface area contributed by atoms with Gasteiger partial charge in [0.05, 0.1) is 10.5 Å². The maximum absolute atomic E-state index is 14.3. The lowest BCUT2D eigenvalue weighted by Crippen LogP contribution is -2.35. The first-order chi connectivity index (χ1) is 15.7. The summed E-state index contributed by atoms with van der Waals surface area (Å²) in [7, 11) is -3.90. The number of benzene rings is 2. The third-order valence-electron chi connectivity index (χ3n) is 5.06. The van der Waals surface area contributed by atoms with Gasteiger partial charge in [0.1, 0.15) is 5.82 Å². The van der Waals surface area contributed by atoms with Crippen LogP contribution in [-0.4, -0.2) is 50.6 Å². The Morgan fingerprint density at radius 3 is 2.52 bits per heavy atom. The molecule has 0 aromatic heterocycles. The number of fused-ring (bicyclic) bond motifs is 1. The Bertz CT molecular complexity index is 1150. The zero-order valence-corrected chi connectivity index (χ0v) is 19.3. The number of halogens is 1. The summed E-state index contributed by atoms with van der Waals surface area (Å²) in [5.41, 5.74) is 0.171. The second-order valence-electron chi connectivity index (χ2n) is 7.18. The Balaban J connectivity index is 1.65. The van der Waals surface area contributed by atoms with Crippen molar-refractivity contribution in [2.75, 3.05) is 19.9 Å². The van der Waals surface area contributed by atoms with E-state index in [1.807, 2.05) is 0 Å². The highest BCUT2D eigenvalue weighted by Crippen LogP contribution is 2.32. The third kappa shape index (κ3) is 5.42. The van der Waals surface area contributed by atoms with Gasteiger partial charge in [-0.3, -0.25) is 4.79 Å². The number of rotatable bonds is 9.